The van der Waals surface area contributed by atoms with Gasteiger partial charge in [0.05, 0.1) is 15.6 Å². The van der Waals surface area contributed by atoms with Gasteiger partial charge in [-0.2, -0.15) is 0 Å². The van der Waals surface area contributed by atoms with Crippen molar-refractivity contribution >= 4 is 17.6 Å². The number of rotatable bonds is 2. The van der Waals surface area contributed by atoms with Crippen LogP contribution in [0.4, 0.5) is 0 Å². The van der Waals surface area contributed by atoms with Crippen molar-refractivity contribution in [1.82, 2.24) is 4.98 Å². The maximum Gasteiger partial charge on any atom is 0.162 e. The number of nitrogens with zero attached hydrogens (tertiary/aromatic N) is 1. The zero-order valence-corrected chi connectivity index (χ0v) is 11.2. The minimum Gasteiger partial charge on any atom is -0.297 e. The Labute approximate surface area is 111 Å². The molecule has 0 unspecified atom stereocenters. The molecular formula is C15H15NOS. The first-order valence-corrected chi connectivity index (χ1v) is 7.14. The molecule has 0 saturated carbocycles. The number of hydrogen-bond acceptors (Lipinski definition) is 3. The van der Waals surface area contributed by atoms with Crippen LogP contribution in [0.25, 0.3) is 11.3 Å². The third kappa shape index (κ3) is 1.99. The quantitative estimate of drug-likeness (QED) is 0.766. The zero-order valence-electron chi connectivity index (χ0n) is 10.4. The Morgan fingerprint density at radius 3 is 2.78 bits per heavy atom. The summed E-state index contributed by atoms with van der Waals surface area (Å²) in [5, 5.41) is 0.949. The van der Waals surface area contributed by atoms with Crippen LogP contribution in [0.2, 0.25) is 0 Å². The minimum atomic E-state index is 0.739. The molecule has 1 aliphatic carbocycles. The molecule has 0 aliphatic heterocycles. The maximum absolute atomic E-state index is 11.1. The van der Waals surface area contributed by atoms with Crippen molar-refractivity contribution in [2.75, 3.05) is 0 Å². The highest BCUT2D eigenvalue weighted by Crippen LogP contribution is 2.30. The minimum absolute atomic E-state index is 0.739. The fraction of sp³-hybridized carbons (Fsp3) is 0.333. The number of thiazole rings is 1. The lowest BCUT2D eigenvalue weighted by Crippen LogP contribution is -2.02. The van der Waals surface area contributed by atoms with E-state index >= 15 is 0 Å². The van der Waals surface area contributed by atoms with Gasteiger partial charge in [0.25, 0.3) is 0 Å². The molecule has 0 fully saturated rings. The Morgan fingerprint density at radius 1 is 1.22 bits per heavy atom. The summed E-state index contributed by atoms with van der Waals surface area (Å²) in [7, 11) is 0. The summed E-state index contributed by atoms with van der Waals surface area (Å²) in [6, 6.07) is 6.52. The summed E-state index contributed by atoms with van der Waals surface area (Å²) in [6.07, 6.45) is 5.82. The first-order valence-electron chi connectivity index (χ1n) is 6.32. The topological polar surface area (TPSA) is 30.0 Å². The molecule has 2 aromatic rings. The molecule has 0 amide bonds. The first-order chi connectivity index (χ1) is 8.78. The predicted molar refractivity (Wildman–Crippen MR) is 74.3 cm³/mol. The second-order valence-electron chi connectivity index (χ2n) is 4.75. The molecule has 92 valence electrons. The molecule has 2 nitrogen and oxygen atoms in total. The molecule has 1 heterocycles. The predicted octanol–water partition coefficient (Wildman–Crippen LogP) is 3.81. The Bertz CT molecular complexity index is 601. The van der Waals surface area contributed by atoms with Gasteiger partial charge < -0.3 is 0 Å². The van der Waals surface area contributed by atoms with Gasteiger partial charge in [-0.05, 0) is 49.8 Å². The van der Waals surface area contributed by atoms with Gasteiger partial charge >= 0.3 is 0 Å². The van der Waals surface area contributed by atoms with Crippen LogP contribution in [0.3, 0.4) is 0 Å². The van der Waals surface area contributed by atoms with Gasteiger partial charge in [0, 0.05) is 5.56 Å². The summed E-state index contributed by atoms with van der Waals surface area (Å²) in [6.45, 7) is 1.94. The van der Waals surface area contributed by atoms with Crippen molar-refractivity contribution in [1.29, 1.82) is 0 Å². The van der Waals surface area contributed by atoms with Crippen molar-refractivity contribution in [3.63, 3.8) is 0 Å². The van der Waals surface area contributed by atoms with E-state index < -0.39 is 0 Å². The average Bonchev–Trinajstić information content (AvgIpc) is 2.79. The van der Waals surface area contributed by atoms with Crippen molar-refractivity contribution < 1.29 is 4.79 Å². The summed E-state index contributed by atoms with van der Waals surface area (Å²) >= 11 is 1.47. The molecule has 1 aliphatic rings. The molecule has 0 N–H and O–H groups in total. The van der Waals surface area contributed by atoms with Crippen LogP contribution in [0, 0.1) is 6.92 Å². The maximum atomic E-state index is 11.1. The number of carbonyl (C=O) groups is 1. The van der Waals surface area contributed by atoms with Crippen molar-refractivity contribution in [2.45, 2.75) is 32.6 Å². The lowest BCUT2D eigenvalue weighted by molar-refractivity contribution is 0.112. The average molecular weight is 257 g/mol. The van der Waals surface area contributed by atoms with Crippen LogP contribution < -0.4 is 0 Å². The molecule has 0 spiro atoms. The molecule has 0 radical (unpaired) electrons. The van der Waals surface area contributed by atoms with Gasteiger partial charge in [-0.15, -0.1) is 11.3 Å². The highest BCUT2D eigenvalue weighted by molar-refractivity contribution is 7.13. The summed E-state index contributed by atoms with van der Waals surface area (Å²) < 4.78 is 0. The molecule has 0 bridgehead atoms. The van der Waals surface area contributed by atoms with Gasteiger partial charge in [-0.1, -0.05) is 12.1 Å². The van der Waals surface area contributed by atoms with E-state index in [0.29, 0.717) is 0 Å². The number of aromatic nitrogens is 1. The number of hydrogen-bond donors (Lipinski definition) is 0. The molecule has 3 rings (SSSR count). The van der Waals surface area contributed by atoms with Gasteiger partial charge in [-0.3, -0.25) is 4.79 Å². The van der Waals surface area contributed by atoms with Gasteiger partial charge in [0.2, 0.25) is 0 Å². The van der Waals surface area contributed by atoms with Crippen LogP contribution in [0.1, 0.15) is 38.6 Å². The summed E-state index contributed by atoms with van der Waals surface area (Å²) in [5.41, 5.74) is 4.83. The monoisotopic (exact) mass is 257 g/mol. The van der Waals surface area contributed by atoms with Crippen molar-refractivity contribution in [3.05, 3.63) is 39.2 Å². The zero-order chi connectivity index (χ0) is 12.5. The van der Waals surface area contributed by atoms with Gasteiger partial charge in [0.1, 0.15) is 0 Å². The first kappa shape index (κ1) is 11.6. The molecular weight excluding hydrogens is 242 g/mol. The van der Waals surface area contributed by atoms with E-state index in [4.69, 9.17) is 0 Å². The van der Waals surface area contributed by atoms with Crippen LogP contribution in [0.15, 0.2) is 18.2 Å². The molecule has 3 heteroatoms. The molecule has 0 atom stereocenters. The van der Waals surface area contributed by atoms with Crippen LogP contribution in [-0.4, -0.2) is 11.3 Å². The van der Waals surface area contributed by atoms with E-state index in [1.165, 1.54) is 41.7 Å². The fourth-order valence-electron chi connectivity index (χ4n) is 2.61. The molecule has 1 aromatic heterocycles. The number of benzene rings is 1. The van der Waals surface area contributed by atoms with Gasteiger partial charge in [0.15, 0.2) is 6.29 Å². The van der Waals surface area contributed by atoms with Crippen molar-refractivity contribution in [3.8, 4) is 11.3 Å². The second-order valence-corrected chi connectivity index (χ2v) is 5.99. The van der Waals surface area contributed by atoms with E-state index in [0.717, 1.165) is 33.8 Å². The SMILES string of the molecule is Cc1nc(-c2ccc3c(c2)CCCC3)c(C=O)s1. The van der Waals surface area contributed by atoms with Crippen LogP contribution in [0.5, 0.6) is 0 Å². The third-order valence-corrected chi connectivity index (χ3v) is 4.39. The number of fused-ring (bicyclic) bond motifs is 1. The highest BCUT2D eigenvalue weighted by Gasteiger charge is 2.14. The Kier molecular flexibility index (Phi) is 3.00. The molecule has 18 heavy (non-hydrogen) atoms. The molecule has 0 saturated heterocycles. The van der Waals surface area contributed by atoms with E-state index in [2.05, 4.69) is 23.2 Å². The number of aryl methyl sites for hydroxylation is 3. The standard InChI is InChI=1S/C15H15NOS/c1-10-16-15(14(9-17)18-10)13-7-6-11-4-2-3-5-12(11)8-13/h6-9H,2-5H2,1H3. The van der Waals surface area contributed by atoms with E-state index in [1.807, 2.05) is 6.92 Å². The van der Waals surface area contributed by atoms with E-state index in [-0.39, 0.29) is 0 Å². The lowest BCUT2D eigenvalue weighted by Gasteiger charge is -2.16. The van der Waals surface area contributed by atoms with Crippen molar-refractivity contribution in [2.24, 2.45) is 0 Å². The van der Waals surface area contributed by atoms with E-state index in [9.17, 15) is 4.79 Å². The van der Waals surface area contributed by atoms with E-state index in [1.54, 1.807) is 0 Å². The fourth-order valence-corrected chi connectivity index (χ4v) is 3.37. The number of aldehydes is 1. The smallest absolute Gasteiger partial charge is 0.162 e. The normalized spacial score (nSPS) is 14.3. The second kappa shape index (κ2) is 4.65. The lowest BCUT2D eigenvalue weighted by atomic mass is 9.90. The highest BCUT2D eigenvalue weighted by atomic mass is 32.1. The molecule has 1 aromatic carbocycles. The van der Waals surface area contributed by atoms with Gasteiger partial charge in [-0.25, -0.2) is 4.98 Å². The summed E-state index contributed by atoms with van der Waals surface area (Å²) in [5.74, 6) is 0. The van der Waals surface area contributed by atoms with Crippen LogP contribution in [-0.2, 0) is 12.8 Å². The Morgan fingerprint density at radius 2 is 2.00 bits per heavy atom. The largest absolute Gasteiger partial charge is 0.297 e. The third-order valence-electron chi connectivity index (χ3n) is 3.49. The summed E-state index contributed by atoms with van der Waals surface area (Å²) in [4.78, 5) is 16.3. The number of carbonyl (C=O) groups excluding carboxylic acids is 1. The Balaban J connectivity index is 2.08. The Hall–Kier alpha value is -1.48. The van der Waals surface area contributed by atoms with Crippen LogP contribution >= 0.6 is 11.3 Å².